The average molecular weight is 497 g/mol. The van der Waals surface area contributed by atoms with Crippen molar-refractivity contribution >= 4 is 50.8 Å². The normalized spacial score (nSPS) is 22.2. The van der Waals surface area contributed by atoms with Crippen LogP contribution in [0.3, 0.4) is 0 Å². The molecule has 0 N–H and O–H groups in total. The van der Waals surface area contributed by atoms with Gasteiger partial charge in [0.15, 0.2) is 17.4 Å². The number of hydrogen-bond acceptors (Lipinski definition) is 7. The maximum Gasteiger partial charge on any atom is 0.328 e. The van der Waals surface area contributed by atoms with E-state index in [1.165, 1.54) is 23.7 Å². The molecule has 2 heterocycles. The largest absolute Gasteiger partial charge is 0.464 e. The smallest absolute Gasteiger partial charge is 0.328 e. The van der Waals surface area contributed by atoms with E-state index in [4.69, 9.17) is 9.73 Å². The van der Waals surface area contributed by atoms with E-state index in [-0.39, 0.29) is 12.5 Å². The number of halogens is 1. The van der Waals surface area contributed by atoms with E-state index in [9.17, 15) is 14.4 Å². The molecule has 30 heavy (non-hydrogen) atoms. The quantitative estimate of drug-likeness (QED) is 0.563. The van der Waals surface area contributed by atoms with Crippen molar-refractivity contribution in [1.29, 1.82) is 0 Å². The molecule has 0 saturated carbocycles. The van der Waals surface area contributed by atoms with Gasteiger partial charge >= 0.3 is 12.0 Å². The summed E-state index contributed by atoms with van der Waals surface area (Å²) >= 11 is 4.92. The Morgan fingerprint density at radius 3 is 2.67 bits per heavy atom. The number of carbonyl (C=O) groups is 3. The van der Waals surface area contributed by atoms with Gasteiger partial charge in [0.1, 0.15) is 6.04 Å². The summed E-state index contributed by atoms with van der Waals surface area (Å²) in [6.07, 6.45) is -0.220. The van der Waals surface area contributed by atoms with Gasteiger partial charge in [0.05, 0.1) is 6.61 Å². The van der Waals surface area contributed by atoms with Gasteiger partial charge in [-0.2, -0.15) is 0 Å². The van der Waals surface area contributed by atoms with Crippen molar-refractivity contribution in [2.75, 3.05) is 20.7 Å². The van der Waals surface area contributed by atoms with Crippen molar-refractivity contribution in [1.82, 2.24) is 14.7 Å². The first-order valence-corrected chi connectivity index (χ1v) is 11.5. The number of carbonyl (C=O) groups excluding carboxylic acids is 3. The van der Waals surface area contributed by atoms with Crippen LogP contribution in [0.4, 0.5) is 4.79 Å². The molecule has 0 aromatic heterocycles. The number of fused-ring (bicyclic) bond motifs is 1. The topological polar surface area (TPSA) is 82.5 Å². The van der Waals surface area contributed by atoms with Crippen LogP contribution < -0.4 is 0 Å². The van der Waals surface area contributed by atoms with Crippen LogP contribution in [0, 0.1) is 0 Å². The summed E-state index contributed by atoms with van der Waals surface area (Å²) in [5.74, 6) is -0.158. The molecule has 0 bridgehead atoms. The van der Waals surface area contributed by atoms with Gasteiger partial charge in [0, 0.05) is 24.3 Å². The number of aliphatic imine (C=N–C) groups is 1. The molecule has 1 saturated heterocycles. The third-order valence-electron chi connectivity index (χ3n) is 5.15. The average Bonchev–Trinajstić information content (AvgIpc) is 3.09. The lowest BCUT2D eigenvalue weighted by molar-refractivity contribution is -0.150. The van der Waals surface area contributed by atoms with Gasteiger partial charge in [-0.15, -0.1) is 0 Å². The van der Waals surface area contributed by atoms with Crippen molar-refractivity contribution in [2.24, 2.45) is 4.99 Å². The van der Waals surface area contributed by atoms with Crippen LogP contribution in [0.5, 0.6) is 0 Å². The Hall–Kier alpha value is -2.07. The number of urea groups is 1. The summed E-state index contributed by atoms with van der Waals surface area (Å²) in [7, 11) is 3.07. The molecule has 3 amide bonds. The Bertz CT molecular complexity index is 880. The number of nitrogens with zero attached hydrogens (tertiary/aromatic N) is 4. The summed E-state index contributed by atoms with van der Waals surface area (Å²) in [5.41, 5.74) is 1.07. The molecule has 1 aromatic carbocycles. The van der Waals surface area contributed by atoms with Crippen molar-refractivity contribution in [3.05, 3.63) is 34.3 Å². The second-order valence-corrected chi connectivity index (χ2v) is 8.92. The van der Waals surface area contributed by atoms with E-state index in [1.54, 1.807) is 18.9 Å². The highest BCUT2D eigenvalue weighted by Crippen LogP contribution is 2.34. The minimum atomic E-state index is -0.753. The van der Waals surface area contributed by atoms with Gasteiger partial charge in [-0.1, -0.05) is 46.7 Å². The van der Waals surface area contributed by atoms with E-state index < -0.39 is 30.2 Å². The first kappa shape index (κ1) is 22.6. The van der Waals surface area contributed by atoms with Gasteiger partial charge in [-0.3, -0.25) is 9.69 Å². The molecule has 0 radical (unpaired) electrons. The number of hydrogen-bond donors (Lipinski definition) is 0. The zero-order valence-electron chi connectivity index (χ0n) is 17.4. The fourth-order valence-corrected chi connectivity index (χ4v) is 5.12. The number of imide groups is 1. The molecule has 162 valence electrons. The summed E-state index contributed by atoms with van der Waals surface area (Å²) in [6, 6.07) is 6.09. The molecule has 8 nitrogen and oxygen atoms in total. The van der Waals surface area contributed by atoms with Crippen LogP contribution in [0.25, 0.3) is 0 Å². The molecule has 0 spiro atoms. The number of esters is 1. The molecule has 0 aliphatic carbocycles. The maximum absolute atomic E-state index is 13.0. The standard InChI is InChI=1S/C20H25BrN4O4S/c1-5-14(18(27)29-6-2)25-15-16(23(3)20(28)24(4)17(15)26)22-19(25)30-11-12-8-7-9-13(21)10-12/h7-10,14-16H,5-6,11H2,1-4H3. The minimum absolute atomic E-state index is 0.251. The summed E-state index contributed by atoms with van der Waals surface area (Å²) in [5, 5.41) is 0.563. The Kier molecular flexibility index (Phi) is 7.07. The molecule has 1 fully saturated rings. The van der Waals surface area contributed by atoms with E-state index >= 15 is 0 Å². The minimum Gasteiger partial charge on any atom is -0.464 e. The van der Waals surface area contributed by atoms with E-state index in [2.05, 4.69) is 15.9 Å². The fourth-order valence-electron chi connectivity index (χ4n) is 3.63. The van der Waals surface area contributed by atoms with E-state index in [1.807, 2.05) is 31.2 Å². The molecule has 3 atom stereocenters. The predicted molar refractivity (Wildman–Crippen MR) is 119 cm³/mol. The summed E-state index contributed by atoms with van der Waals surface area (Å²) in [4.78, 5) is 47.1. The Morgan fingerprint density at radius 1 is 1.30 bits per heavy atom. The van der Waals surface area contributed by atoms with Gasteiger partial charge in [-0.05, 0) is 31.0 Å². The monoisotopic (exact) mass is 496 g/mol. The van der Waals surface area contributed by atoms with E-state index in [0.717, 1.165) is 14.9 Å². The molecular formula is C20H25BrN4O4S. The molecule has 1 aromatic rings. The van der Waals surface area contributed by atoms with Crippen molar-refractivity contribution < 1.29 is 19.1 Å². The molecule has 3 rings (SSSR count). The van der Waals surface area contributed by atoms with Crippen molar-refractivity contribution in [3.8, 4) is 0 Å². The zero-order chi connectivity index (χ0) is 22.0. The number of benzene rings is 1. The first-order valence-electron chi connectivity index (χ1n) is 9.74. The number of thioether (sulfide) groups is 1. The van der Waals surface area contributed by atoms with Gasteiger partial charge in [0.2, 0.25) is 0 Å². The number of ether oxygens (including phenoxy) is 1. The molecule has 10 heteroatoms. The Labute approximate surface area is 188 Å². The highest BCUT2D eigenvalue weighted by Gasteiger charge is 2.53. The van der Waals surface area contributed by atoms with E-state index in [0.29, 0.717) is 17.3 Å². The second-order valence-electron chi connectivity index (χ2n) is 7.06. The van der Waals surface area contributed by atoms with Crippen molar-refractivity contribution in [3.63, 3.8) is 0 Å². The molecule has 2 aliphatic heterocycles. The van der Waals surface area contributed by atoms with Gasteiger partial charge < -0.3 is 14.5 Å². The summed E-state index contributed by atoms with van der Waals surface area (Å²) < 4.78 is 6.24. The fraction of sp³-hybridized carbons (Fsp3) is 0.500. The van der Waals surface area contributed by atoms with Crippen LogP contribution in [-0.2, 0) is 20.1 Å². The van der Waals surface area contributed by atoms with Gasteiger partial charge in [0.25, 0.3) is 5.91 Å². The lowest BCUT2D eigenvalue weighted by atomic mass is 10.1. The summed E-state index contributed by atoms with van der Waals surface area (Å²) in [6.45, 7) is 3.87. The lowest BCUT2D eigenvalue weighted by Crippen LogP contribution is -2.65. The highest BCUT2D eigenvalue weighted by molar-refractivity contribution is 9.10. The first-order chi connectivity index (χ1) is 14.3. The Morgan fingerprint density at radius 2 is 2.03 bits per heavy atom. The third kappa shape index (κ3) is 4.20. The Balaban J connectivity index is 1.95. The van der Waals surface area contributed by atoms with Crippen LogP contribution in [0.1, 0.15) is 25.8 Å². The SMILES string of the molecule is CCOC(=O)C(CC)N1C(SCc2cccc(Br)c2)=NC2C1C(=O)N(C)C(=O)N2C. The van der Waals surface area contributed by atoms with Crippen LogP contribution in [-0.4, -0.2) is 76.7 Å². The number of likely N-dealkylation sites (N-methyl/N-ethyl adjacent to an activating group) is 2. The van der Waals surface area contributed by atoms with Crippen LogP contribution >= 0.6 is 27.7 Å². The second kappa shape index (κ2) is 9.38. The number of amidine groups is 1. The predicted octanol–water partition coefficient (Wildman–Crippen LogP) is 2.91. The molecule has 2 aliphatic rings. The number of amides is 3. The molecule has 3 unspecified atom stereocenters. The third-order valence-corrected chi connectivity index (χ3v) is 6.70. The number of rotatable bonds is 6. The maximum atomic E-state index is 13.0. The lowest BCUT2D eigenvalue weighted by Gasteiger charge is -2.41. The zero-order valence-corrected chi connectivity index (χ0v) is 19.8. The van der Waals surface area contributed by atoms with Gasteiger partial charge in [-0.25, -0.2) is 14.6 Å². The molecular weight excluding hydrogens is 472 g/mol. The van der Waals surface area contributed by atoms with Crippen LogP contribution in [0.2, 0.25) is 0 Å². The van der Waals surface area contributed by atoms with Crippen LogP contribution in [0.15, 0.2) is 33.7 Å². The highest BCUT2D eigenvalue weighted by atomic mass is 79.9. The van der Waals surface area contributed by atoms with Crippen molar-refractivity contribution in [2.45, 2.75) is 44.3 Å².